The summed E-state index contributed by atoms with van der Waals surface area (Å²) in [5.74, 6) is 1.82. The van der Waals surface area contributed by atoms with Gasteiger partial charge in [0.25, 0.3) is 0 Å². The molecule has 1 saturated heterocycles. The summed E-state index contributed by atoms with van der Waals surface area (Å²) >= 11 is 0. The van der Waals surface area contributed by atoms with Crippen molar-refractivity contribution in [1.82, 2.24) is 35.3 Å². The summed E-state index contributed by atoms with van der Waals surface area (Å²) in [7, 11) is 1.82. The number of aromatic nitrogens is 6. The maximum Gasteiger partial charge on any atom is 0.160 e. The molecule has 0 unspecified atom stereocenters. The quantitative estimate of drug-likeness (QED) is 0.385. The first-order chi connectivity index (χ1) is 17.6. The molecule has 1 aliphatic heterocycles. The Bertz CT molecular complexity index is 1580. The van der Waals surface area contributed by atoms with Gasteiger partial charge in [0.15, 0.2) is 11.6 Å². The van der Waals surface area contributed by atoms with Crippen molar-refractivity contribution in [2.24, 2.45) is 7.05 Å². The van der Waals surface area contributed by atoms with Gasteiger partial charge in [-0.2, -0.15) is 0 Å². The third kappa shape index (κ3) is 4.03. The van der Waals surface area contributed by atoms with E-state index in [1.54, 1.807) is 29.8 Å². The summed E-state index contributed by atoms with van der Waals surface area (Å²) in [6, 6.07) is 12.7. The number of hydrogen-bond donors (Lipinski definition) is 2. The number of ether oxygens (including phenoxy) is 1. The third-order valence-corrected chi connectivity index (χ3v) is 6.31. The van der Waals surface area contributed by atoms with Crippen molar-refractivity contribution >= 4 is 39.4 Å². The van der Waals surface area contributed by atoms with Gasteiger partial charge in [-0.1, -0.05) is 5.21 Å². The summed E-state index contributed by atoms with van der Waals surface area (Å²) in [5.41, 5.74) is 3.50. The van der Waals surface area contributed by atoms with Crippen LogP contribution in [0, 0.1) is 12.7 Å². The molecule has 182 valence electrons. The van der Waals surface area contributed by atoms with Crippen molar-refractivity contribution in [3.05, 3.63) is 60.2 Å². The third-order valence-electron chi connectivity index (χ3n) is 6.31. The Labute approximate surface area is 206 Å². The van der Waals surface area contributed by atoms with Gasteiger partial charge in [0.1, 0.15) is 34.7 Å². The first-order valence-corrected chi connectivity index (χ1v) is 11.7. The van der Waals surface area contributed by atoms with E-state index in [1.165, 1.54) is 6.33 Å². The van der Waals surface area contributed by atoms with Crippen LogP contribution in [0.4, 0.5) is 21.7 Å². The molecular formula is C25H24FN9O. The fourth-order valence-corrected chi connectivity index (χ4v) is 4.30. The summed E-state index contributed by atoms with van der Waals surface area (Å²) < 4.78 is 23.1. The van der Waals surface area contributed by atoms with E-state index in [9.17, 15) is 0 Å². The van der Waals surface area contributed by atoms with E-state index >= 15 is 4.39 Å². The standard InChI is InChI=1S/C25H24FN9O/c1-15-21(36-16-3-6-20-19(13-16)32-33-34(20)2)7-4-17(23(15)26)30-25-24-18(28-14-29-25)5-8-22(31-24)35-11-9-27-10-12-35/h3-8,13-14,27H,9-12H2,1-2H3,(H,28,29,30). The molecule has 1 aliphatic rings. The van der Waals surface area contributed by atoms with E-state index in [0.29, 0.717) is 39.4 Å². The highest BCUT2D eigenvalue weighted by Gasteiger charge is 2.17. The molecular weight excluding hydrogens is 461 g/mol. The van der Waals surface area contributed by atoms with Crippen LogP contribution in [0.1, 0.15) is 5.56 Å². The number of hydrogen-bond acceptors (Lipinski definition) is 9. The Kier molecular flexibility index (Phi) is 5.53. The Morgan fingerprint density at radius 3 is 2.75 bits per heavy atom. The minimum Gasteiger partial charge on any atom is -0.457 e. The topological polar surface area (TPSA) is 106 Å². The molecule has 0 radical (unpaired) electrons. The van der Waals surface area contributed by atoms with E-state index in [2.05, 4.69) is 35.8 Å². The zero-order valence-electron chi connectivity index (χ0n) is 19.9. The number of pyridine rings is 1. The molecule has 1 fully saturated rings. The molecule has 0 saturated carbocycles. The van der Waals surface area contributed by atoms with Gasteiger partial charge in [0.2, 0.25) is 0 Å². The van der Waals surface area contributed by atoms with Gasteiger partial charge in [-0.05, 0) is 43.3 Å². The second kappa shape index (κ2) is 9.00. The predicted molar refractivity (Wildman–Crippen MR) is 135 cm³/mol. The van der Waals surface area contributed by atoms with Crippen LogP contribution in [0.15, 0.2) is 48.8 Å². The zero-order chi connectivity index (χ0) is 24.6. The smallest absolute Gasteiger partial charge is 0.160 e. The van der Waals surface area contributed by atoms with Crippen molar-refractivity contribution < 1.29 is 9.13 Å². The molecule has 0 amide bonds. The molecule has 0 atom stereocenters. The highest BCUT2D eigenvalue weighted by Crippen LogP contribution is 2.33. The van der Waals surface area contributed by atoms with Crippen LogP contribution in [-0.2, 0) is 7.05 Å². The average molecular weight is 486 g/mol. The molecule has 2 N–H and O–H groups in total. The van der Waals surface area contributed by atoms with Gasteiger partial charge >= 0.3 is 0 Å². The predicted octanol–water partition coefficient (Wildman–Crippen LogP) is 3.70. The number of fused-ring (bicyclic) bond motifs is 2. The molecule has 6 rings (SSSR count). The summed E-state index contributed by atoms with van der Waals surface area (Å²) in [5, 5.41) is 14.6. The first-order valence-electron chi connectivity index (χ1n) is 11.7. The first kappa shape index (κ1) is 22.1. The molecule has 4 heterocycles. The maximum atomic E-state index is 15.4. The fourth-order valence-electron chi connectivity index (χ4n) is 4.30. The molecule has 5 aromatic rings. The number of piperazine rings is 1. The van der Waals surface area contributed by atoms with E-state index in [0.717, 1.165) is 37.5 Å². The van der Waals surface area contributed by atoms with E-state index in [4.69, 9.17) is 9.72 Å². The highest BCUT2D eigenvalue weighted by molar-refractivity contribution is 5.88. The van der Waals surface area contributed by atoms with Crippen LogP contribution in [0.2, 0.25) is 0 Å². The summed E-state index contributed by atoms with van der Waals surface area (Å²) in [6.07, 6.45) is 1.45. The van der Waals surface area contributed by atoms with Gasteiger partial charge in [-0.15, -0.1) is 5.10 Å². The van der Waals surface area contributed by atoms with Gasteiger partial charge in [-0.3, -0.25) is 0 Å². The Balaban J connectivity index is 1.28. The van der Waals surface area contributed by atoms with Crippen molar-refractivity contribution in [3.8, 4) is 11.5 Å². The lowest BCUT2D eigenvalue weighted by Gasteiger charge is -2.28. The van der Waals surface area contributed by atoms with Crippen LogP contribution in [-0.4, -0.2) is 56.1 Å². The lowest BCUT2D eigenvalue weighted by Crippen LogP contribution is -2.43. The molecule has 0 bridgehead atoms. The zero-order valence-corrected chi connectivity index (χ0v) is 19.9. The summed E-state index contributed by atoms with van der Waals surface area (Å²) in [6.45, 7) is 5.22. The fraction of sp³-hybridized carbons (Fsp3) is 0.240. The molecule has 3 aromatic heterocycles. The van der Waals surface area contributed by atoms with Crippen molar-refractivity contribution in [1.29, 1.82) is 0 Å². The average Bonchev–Trinajstić information content (AvgIpc) is 3.28. The molecule has 36 heavy (non-hydrogen) atoms. The van der Waals surface area contributed by atoms with Gasteiger partial charge < -0.3 is 20.3 Å². The van der Waals surface area contributed by atoms with Gasteiger partial charge in [0.05, 0.1) is 16.7 Å². The van der Waals surface area contributed by atoms with Crippen molar-refractivity contribution in [3.63, 3.8) is 0 Å². The molecule has 2 aromatic carbocycles. The van der Waals surface area contributed by atoms with Crippen molar-refractivity contribution in [2.45, 2.75) is 6.92 Å². The van der Waals surface area contributed by atoms with Crippen LogP contribution >= 0.6 is 0 Å². The van der Waals surface area contributed by atoms with E-state index in [1.807, 2.05) is 31.3 Å². The van der Waals surface area contributed by atoms with E-state index < -0.39 is 5.82 Å². The Morgan fingerprint density at radius 2 is 1.89 bits per heavy atom. The number of nitrogens with one attached hydrogen (secondary N) is 2. The number of anilines is 3. The molecule has 0 aliphatic carbocycles. The van der Waals surface area contributed by atoms with E-state index in [-0.39, 0.29) is 5.69 Å². The number of halogens is 1. The van der Waals surface area contributed by atoms with Crippen LogP contribution < -0.4 is 20.3 Å². The second-order valence-corrected chi connectivity index (χ2v) is 8.64. The normalized spacial score (nSPS) is 13.9. The summed E-state index contributed by atoms with van der Waals surface area (Å²) in [4.78, 5) is 15.7. The largest absolute Gasteiger partial charge is 0.457 e. The number of rotatable bonds is 5. The Hall–Kier alpha value is -4.38. The van der Waals surface area contributed by atoms with Crippen LogP contribution in [0.25, 0.3) is 22.1 Å². The second-order valence-electron chi connectivity index (χ2n) is 8.64. The minimum atomic E-state index is -0.432. The number of nitrogens with zero attached hydrogens (tertiary/aromatic N) is 7. The number of aryl methyl sites for hydroxylation is 1. The van der Waals surface area contributed by atoms with Crippen molar-refractivity contribution in [2.75, 3.05) is 36.4 Å². The SMILES string of the molecule is Cc1c(Oc2ccc3c(c2)nnn3C)ccc(Nc2ncnc3ccc(N4CCNCC4)nc23)c1F. The monoisotopic (exact) mass is 485 g/mol. The van der Waals surface area contributed by atoms with Gasteiger partial charge in [0, 0.05) is 44.9 Å². The Morgan fingerprint density at radius 1 is 1.03 bits per heavy atom. The van der Waals surface area contributed by atoms with Gasteiger partial charge in [-0.25, -0.2) is 24.0 Å². The van der Waals surface area contributed by atoms with Crippen LogP contribution in [0.5, 0.6) is 11.5 Å². The van der Waals surface area contributed by atoms with Crippen LogP contribution in [0.3, 0.4) is 0 Å². The maximum absolute atomic E-state index is 15.4. The molecule has 0 spiro atoms. The lowest BCUT2D eigenvalue weighted by atomic mass is 10.1. The minimum absolute atomic E-state index is 0.276. The molecule has 10 nitrogen and oxygen atoms in total. The number of benzene rings is 2. The molecule has 11 heteroatoms. The lowest BCUT2D eigenvalue weighted by molar-refractivity contribution is 0.472. The highest BCUT2D eigenvalue weighted by atomic mass is 19.1.